The minimum Gasteiger partial charge on any atom is -0.397 e. The van der Waals surface area contributed by atoms with Crippen molar-refractivity contribution in [2.45, 2.75) is 32.7 Å². The Kier molecular flexibility index (Phi) is 2.80. The Balaban J connectivity index is 2.22. The van der Waals surface area contributed by atoms with E-state index >= 15 is 0 Å². The van der Waals surface area contributed by atoms with Crippen LogP contribution in [0.5, 0.6) is 0 Å². The zero-order chi connectivity index (χ0) is 10.8. The van der Waals surface area contributed by atoms with Gasteiger partial charge in [0.2, 0.25) is 0 Å². The fourth-order valence-corrected chi connectivity index (χ4v) is 2.41. The monoisotopic (exact) mass is 205 g/mol. The average molecular weight is 205 g/mol. The molecule has 1 aromatic rings. The number of aromatic nitrogens is 1. The van der Waals surface area contributed by atoms with Crippen LogP contribution < -0.4 is 10.6 Å². The van der Waals surface area contributed by atoms with Gasteiger partial charge in [0.1, 0.15) is 0 Å². The van der Waals surface area contributed by atoms with Crippen LogP contribution in [0.4, 0.5) is 11.4 Å². The van der Waals surface area contributed by atoms with Crippen molar-refractivity contribution in [3.05, 3.63) is 18.5 Å². The van der Waals surface area contributed by atoms with Crippen molar-refractivity contribution in [2.75, 3.05) is 17.2 Å². The highest BCUT2D eigenvalue weighted by molar-refractivity contribution is 5.54. The highest BCUT2D eigenvalue weighted by Crippen LogP contribution is 2.29. The predicted octanol–water partition coefficient (Wildman–Crippen LogP) is 2.29. The molecule has 82 valence electrons. The number of hydrogen-bond donors (Lipinski definition) is 1. The SMILES string of the molecule is CC(C)C1CCCN1c1cncc(N)c1. The van der Waals surface area contributed by atoms with E-state index in [1.807, 2.05) is 12.3 Å². The lowest BCUT2D eigenvalue weighted by atomic mass is 10.0. The van der Waals surface area contributed by atoms with Crippen molar-refractivity contribution >= 4 is 11.4 Å². The Labute approximate surface area is 91.3 Å². The molecule has 1 saturated heterocycles. The van der Waals surface area contributed by atoms with Gasteiger partial charge in [0.05, 0.1) is 17.6 Å². The van der Waals surface area contributed by atoms with E-state index in [2.05, 4.69) is 23.7 Å². The minimum absolute atomic E-state index is 0.647. The maximum Gasteiger partial charge on any atom is 0.0576 e. The van der Waals surface area contributed by atoms with Gasteiger partial charge in [0.25, 0.3) is 0 Å². The molecule has 2 rings (SSSR count). The molecular formula is C12H19N3. The summed E-state index contributed by atoms with van der Waals surface area (Å²) in [5.74, 6) is 0.689. The number of nitrogen functional groups attached to an aromatic ring is 1. The van der Waals surface area contributed by atoms with E-state index in [-0.39, 0.29) is 0 Å². The van der Waals surface area contributed by atoms with Crippen LogP contribution in [-0.4, -0.2) is 17.6 Å². The molecule has 1 fully saturated rings. The first-order chi connectivity index (χ1) is 7.18. The number of anilines is 2. The maximum atomic E-state index is 5.76. The van der Waals surface area contributed by atoms with E-state index in [9.17, 15) is 0 Å². The molecule has 0 spiro atoms. The van der Waals surface area contributed by atoms with Gasteiger partial charge >= 0.3 is 0 Å². The second kappa shape index (κ2) is 4.09. The minimum atomic E-state index is 0.647. The van der Waals surface area contributed by atoms with Gasteiger partial charge in [-0.25, -0.2) is 0 Å². The molecule has 1 atom stereocenters. The second-order valence-corrected chi connectivity index (χ2v) is 4.62. The molecule has 0 radical (unpaired) electrons. The van der Waals surface area contributed by atoms with E-state index in [0.29, 0.717) is 12.0 Å². The van der Waals surface area contributed by atoms with Gasteiger partial charge in [0.15, 0.2) is 0 Å². The van der Waals surface area contributed by atoms with Gasteiger partial charge in [-0.1, -0.05) is 13.8 Å². The summed E-state index contributed by atoms with van der Waals surface area (Å²) in [4.78, 5) is 6.59. The summed E-state index contributed by atoms with van der Waals surface area (Å²) in [5, 5.41) is 0. The Bertz CT molecular complexity index is 335. The van der Waals surface area contributed by atoms with Gasteiger partial charge in [-0.3, -0.25) is 4.98 Å². The summed E-state index contributed by atoms with van der Waals surface area (Å²) in [6, 6.07) is 2.67. The van der Waals surface area contributed by atoms with Crippen LogP contribution in [0.1, 0.15) is 26.7 Å². The summed E-state index contributed by atoms with van der Waals surface area (Å²) in [6.45, 7) is 5.69. The number of pyridine rings is 1. The van der Waals surface area contributed by atoms with E-state index in [4.69, 9.17) is 5.73 Å². The number of nitrogens with zero attached hydrogens (tertiary/aromatic N) is 2. The molecule has 2 heterocycles. The van der Waals surface area contributed by atoms with Crippen LogP contribution in [0.2, 0.25) is 0 Å². The summed E-state index contributed by atoms with van der Waals surface area (Å²) in [7, 11) is 0. The molecule has 15 heavy (non-hydrogen) atoms. The van der Waals surface area contributed by atoms with Crippen molar-refractivity contribution in [3.8, 4) is 0 Å². The Morgan fingerprint density at radius 3 is 2.93 bits per heavy atom. The van der Waals surface area contributed by atoms with Crippen LogP contribution in [0.15, 0.2) is 18.5 Å². The fourth-order valence-electron chi connectivity index (χ4n) is 2.41. The molecule has 0 aromatic carbocycles. The third-order valence-electron chi connectivity index (χ3n) is 3.15. The largest absolute Gasteiger partial charge is 0.397 e. The Morgan fingerprint density at radius 2 is 2.27 bits per heavy atom. The summed E-state index contributed by atoms with van der Waals surface area (Å²) < 4.78 is 0. The van der Waals surface area contributed by atoms with Gasteiger partial charge < -0.3 is 10.6 Å². The van der Waals surface area contributed by atoms with E-state index in [0.717, 1.165) is 12.2 Å². The number of nitrogens with two attached hydrogens (primary N) is 1. The zero-order valence-corrected chi connectivity index (χ0v) is 9.48. The van der Waals surface area contributed by atoms with Gasteiger partial charge in [-0.15, -0.1) is 0 Å². The molecule has 3 heteroatoms. The van der Waals surface area contributed by atoms with Crippen molar-refractivity contribution in [1.29, 1.82) is 0 Å². The van der Waals surface area contributed by atoms with Crippen LogP contribution in [0, 0.1) is 5.92 Å². The van der Waals surface area contributed by atoms with Crippen molar-refractivity contribution < 1.29 is 0 Å². The zero-order valence-electron chi connectivity index (χ0n) is 9.48. The highest BCUT2D eigenvalue weighted by Gasteiger charge is 2.27. The molecule has 3 nitrogen and oxygen atoms in total. The van der Waals surface area contributed by atoms with Crippen molar-refractivity contribution in [1.82, 2.24) is 4.98 Å². The van der Waals surface area contributed by atoms with Crippen molar-refractivity contribution in [2.24, 2.45) is 5.92 Å². The smallest absolute Gasteiger partial charge is 0.0576 e. The third-order valence-corrected chi connectivity index (χ3v) is 3.15. The molecular weight excluding hydrogens is 186 g/mol. The second-order valence-electron chi connectivity index (χ2n) is 4.62. The quantitative estimate of drug-likeness (QED) is 0.805. The fraction of sp³-hybridized carbons (Fsp3) is 0.583. The van der Waals surface area contributed by atoms with Crippen molar-refractivity contribution in [3.63, 3.8) is 0 Å². The van der Waals surface area contributed by atoms with Crippen LogP contribution >= 0.6 is 0 Å². The summed E-state index contributed by atoms with van der Waals surface area (Å²) in [5.41, 5.74) is 7.68. The molecule has 0 amide bonds. The van der Waals surface area contributed by atoms with Gasteiger partial charge in [0, 0.05) is 18.8 Å². The maximum absolute atomic E-state index is 5.76. The standard InChI is InChI=1S/C12H19N3/c1-9(2)12-4-3-5-15(12)11-6-10(13)7-14-8-11/h6-9,12H,3-5,13H2,1-2H3. The molecule has 1 aromatic heterocycles. The molecule has 0 bridgehead atoms. The average Bonchev–Trinajstić information content (AvgIpc) is 2.65. The summed E-state index contributed by atoms with van der Waals surface area (Å²) >= 11 is 0. The van der Waals surface area contributed by atoms with Gasteiger partial charge in [-0.05, 0) is 24.8 Å². The lowest BCUT2D eigenvalue weighted by Crippen LogP contribution is -2.33. The summed E-state index contributed by atoms with van der Waals surface area (Å²) in [6.07, 6.45) is 6.17. The predicted molar refractivity (Wildman–Crippen MR) is 63.9 cm³/mol. The molecule has 0 aliphatic carbocycles. The first kappa shape index (κ1) is 10.3. The first-order valence-corrected chi connectivity index (χ1v) is 5.65. The normalized spacial score (nSPS) is 21.3. The topological polar surface area (TPSA) is 42.2 Å². The van der Waals surface area contributed by atoms with E-state index < -0.39 is 0 Å². The molecule has 1 unspecified atom stereocenters. The van der Waals surface area contributed by atoms with E-state index in [1.165, 1.54) is 18.5 Å². The van der Waals surface area contributed by atoms with E-state index in [1.54, 1.807) is 6.20 Å². The molecule has 0 saturated carbocycles. The van der Waals surface area contributed by atoms with Gasteiger partial charge in [-0.2, -0.15) is 0 Å². The third kappa shape index (κ3) is 2.06. The molecule has 2 N–H and O–H groups in total. The van der Waals surface area contributed by atoms with Crippen LogP contribution in [0.25, 0.3) is 0 Å². The molecule has 1 aliphatic rings. The van der Waals surface area contributed by atoms with Crippen LogP contribution in [0.3, 0.4) is 0 Å². The first-order valence-electron chi connectivity index (χ1n) is 5.65. The Hall–Kier alpha value is -1.25. The van der Waals surface area contributed by atoms with Crippen LogP contribution in [-0.2, 0) is 0 Å². The number of rotatable bonds is 2. The lowest BCUT2D eigenvalue weighted by molar-refractivity contribution is 0.491. The number of hydrogen-bond acceptors (Lipinski definition) is 3. The Morgan fingerprint density at radius 1 is 1.47 bits per heavy atom. The molecule has 1 aliphatic heterocycles. The highest BCUT2D eigenvalue weighted by atomic mass is 15.2. The lowest BCUT2D eigenvalue weighted by Gasteiger charge is -2.29.